The number of benzene rings is 1. The molecular formula is C10H12ClNO. The van der Waals surface area contributed by atoms with Crippen molar-refractivity contribution in [3.63, 3.8) is 0 Å². The summed E-state index contributed by atoms with van der Waals surface area (Å²) in [6, 6.07) is 7.56. The minimum absolute atomic E-state index is 0.0784. The summed E-state index contributed by atoms with van der Waals surface area (Å²) in [6.45, 7) is 3.85. The highest BCUT2D eigenvalue weighted by Crippen LogP contribution is 2.28. The van der Waals surface area contributed by atoms with Gasteiger partial charge >= 0.3 is 0 Å². The Bertz CT molecular complexity index is 310. The van der Waals surface area contributed by atoms with Crippen molar-refractivity contribution in [1.82, 2.24) is 5.32 Å². The molecule has 1 aromatic carbocycles. The van der Waals surface area contributed by atoms with Gasteiger partial charge in [-0.15, -0.1) is 0 Å². The average Bonchev–Trinajstić information content (AvgIpc) is 2.06. The summed E-state index contributed by atoms with van der Waals surface area (Å²) in [7, 11) is 0. The molecule has 1 fully saturated rings. The first kappa shape index (κ1) is 8.85. The Labute approximate surface area is 82.9 Å². The summed E-state index contributed by atoms with van der Waals surface area (Å²) in [5.41, 5.74) is -0.0784. The van der Waals surface area contributed by atoms with Crippen molar-refractivity contribution in [3.05, 3.63) is 29.3 Å². The fraction of sp³-hybridized carbons (Fsp3) is 0.400. The van der Waals surface area contributed by atoms with Gasteiger partial charge in [0.15, 0.2) is 0 Å². The molecule has 0 aliphatic carbocycles. The zero-order valence-electron chi connectivity index (χ0n) is 7.51. The molecule has 1 heterocycles. The summed E-state index contributed by atoms with van der Waals surface area (Å²) in [5, 5.41) is 3.85. The van der Waals surface area contributed by atoms with Gasteiger partial charge in [-0.25, -0.2) is 0 Å². The van der Waals surface area contributed by atoms with Gasteiger partial charge in [0.2, 0.25) is 0 Å². The average molecular weight is 198 g/mol. The van der Waals surface area contributed by atoms with E-state index in [0.29, 0.717) is 5.02 Å². The predicted octanol–water partition coefficient (Wildman–Crippen LogP) is 2.08. The Morgan fingerprint density at radius 1 is 1.38 bits per heavy atom. The molecule has 2 nitrogen and oxygen atoms in total. The molecule has 3 heteroatoms. The Morgan fingerprint density at radius 2 is 2.08 bits per heavy atom. The van der Waals surface area contributed by atoms with Crippen LogP contribution in [-0.2, 0) is 0 Å². The molecule has 0 amide bonds. The Balaban J connectivity index is 2.13. The van der Waals surface area contributed by atoms with Crippen LogP contribution in [0.25, 0.3) is 0 Å². The van der Waals surface area contributed by atoms with Crippen molar-refractivity contribution in [2.75, 3.05) is 13.1 Å². The maximum absolute atomic E-state index is 5.97. The molecule has 0 atom stereocenters. The van der Waals surface area contributed by atoms with Gasteiger partial charge in [0.1, 0.15) is 11.4 Å². The van der Waals surface area contributed by atoms with Gasteiger partial charge in [-0.2, -0.15) is 0 Å². The van der Waals surface area contributed by atoms with Crippen LogP contribution in [0.4, 0.5) is 0 Å². The number of ether oxygens (including phenoxy) is 1. The number of hydrogen-bond acceptors (Lipinski definition) is 2. The molecule has 0 unspecified atom stereocenters. The van der Waals surface area contributed by atoms with Gasteiger partial charge in [0.05, 0.1) is 5.02 Å². The molecule has 1 saturated heterocycles. The van der Waals surface area contributed by atoms with Gasteiger partial charge in [-0.1, -0.05) is 23.7 Å². The molecule has 1 N–H and O–H groups in total. The van der Waals surface area contributed by atoms with Gasteiger partial charge < -0.3 is 10.1 Å². The normalized spacial score (nSPS) is 19.2. The largest absolute Gasteiger partial charge is 0.483 e. The van der Waals surface area contributed by atoms with Gasteiger partial charge in [-0.3, -0.25) is 0 Å². The summed E-state index contributed by atoms with van der Waals surface area (Å²) in [6.07, 6.45) is 0. The molecule has 13 heavy (non-hydrogen) atoms. The quantitative estimate of drug-likeness (QED) is 0.784. The highest BCUT2D eigenvalue weighted by Gasteiger charge is 2.34. The van der Waals surface area contributed by atoms with Crippen molar-refractivity contribution in [2.24, 2.45) is 0 Å². The summed E-state index contributed by atoms with van der Waals surface area (Å²) < 4.78 is 5.77. The van der Waals surface area contributed by atoms with Crippen LogP contribution in [0.2, 0.25) is 5.02 Å². The van der Waals surface area contributed by atoms with Gasteiger partial charge in [-0.05, 0) is 19.1 Å². The van der Waals surface area contributed by atoms with Crippen LogP contribution in [0.15, 0.2) is 24.3 Å². The maximum Gasteiger partial charge on any atom is 0.138 e. The minimum Gasteiger partial charge on any atom is -0.483 e. The highest BCUT2D eigenvalue weighted by molar-refractivity contribution is 6.32. The molecule has 1 aromatic rings. The van der Waals surface area contributed by atoms with E-state index in [-0.39, 0.29) is 5.60 Å². The van der Waals surface area contributed by atoms with Crippen LogP contribution in [0.1, 0.15) is 6.92 Å². The number of rotatable bonds is 2. The summed E-state index contributed by atoms with van der Waals surface area (Å²) >= 11 is 5.97. The molecule has 0 bridgehead atoms. The third kappa shape index (κ3) is 1.79. The SMILES string of the molecule is CC1(Oc2ccccc2Cl)CNC1. The minimum atomic E-state index is -0.0784. The van der Waals surface area contributed by atoms with Crippen molar-refractivity contribution in [2.45, 2.75) is 12.5 Å². The first-order valence-corrected chi connectivity index (χ1v) is 4.72. The summed E-state index contributed by atoms with van der Waals surface area (Å²) in [4.78, 5) is 0. The number of nitrogens with one attached hydrogen (secondary N) is 1. The van der Waals surface area contributed by atoms with Crippen LogP contribution >= 0.6 is 11.6 Å². The molecule has 0 aromatic heterocycles. The molecule has 70 valence electrons. The number of halogens is 1. The van der Waals surface area contributed by atoms with Crippen LogP contribution in [0.5, 0.6) is 5.75 Å². The van der Waals surface area contributed by atoms with Crippen LogP contribution in [0.3, 0.4) is 0 Å². The lowest BCUT2D eigenvalue weighted by molar-refractivity contribution is 0.0350. The summed E-state index contributed by atoms with van der Waals surface area (Å²) in [5.74, 6) is 0.771. The lowest BCUT2D eigenvalue weighted by Gasteiger charge is -2.39. The third-order valence-electron chi connectivity index (χ3n) is 2.19. The smallest absolute Gasteiger partial charge is 0.138 e. The van der Waals surface area contributed by atoms with Crippen LogP contribution in [-0.4, -0.2) is 18.7 Å². The molecule has 2 rings (SSSR count). The zero-order valence-corrected chi connectivity index (χ0v) is 8.27. The first-order chi connectivity index (χ1) is 6.20. The van der Waals surface area contributed by atoms with Crippen LogP contribution < -0.4 is 10.1 Å². The van der Waals surface area contributed by atoms with Crippen molar-refractivity contribution >= 4 is 11.6 Å². The standard InChI is InChI=1S/C10H12ClNO/c1-10(6-12-7-10)13-9-5-3-2-4-8(9)11/h2-5,12H,6-7H2,1H3. The lowest BCUT2D eigenvalue weighted by atomic mass is 10.00. The molecule has 0 saturated carbocycles. The second kappa shape index (κ2) is 3.20. The van der Waals surface area contributed by atoms with Crippen molar-refractivity contribution in [1.29, 1.82) is 0 Å². The molecule has 0 spiro atoms. The zero-order chi connectivity index (χ0) is 9.31. The Morgan fingerprint density at radius 3 is 2.62 bits per heavy atom. The predicted molar refractivity (Wildman–Crippen MR) is 53.4 cm³/mol. The van der Waals surface area contributed by atoms with Crippen molar-refractivity contribution in [3.8, 4) is 5.75 Å². The second-order valence-electron chi connectivity index (χ2n) is 3.59. The lowest BCUT2D eigenvalue weighted by Crippen LogP contribution is -2.61. The van der Waals surface area contributed by atoms with E-state index in [1.165, 1.54) is 0 Å². The highest BCUT2D eigenvalue weighted by atomic mass is 35.5. The first-order valence-electron chi connectivity index (χ1n) is 4.34. The van der Waals surface area contributed by atoms with E-state index in [9.17, 15) is 0 Å². The molecular weight excluding hydrogens is 186 g/mol. The fourth-order valence-electron chi connectivity index (χ4n) is 1.34. The van der Waals surface area contributed by atoms with Crippen LogP contribution in [0, 0.1) is 0 Å². The van der Waals surface area contributed by atoms with E-state index in [4.69, 9.17) is 16.3 Å². The monoisotopic (exact) mass is 197 g/mol. The fourth-order valence-corrected chi connectivity index (χ4v) is 1.52. The Kier molecular flexibility index (Phi) is 2.18. The van der Waals surface area contributed by atoms with Crippen molar-refractivity contribution < 1.29 is 4.74 Å². The third-order valence-corrected chi connectivity index (χ3v) is 2.50. The van der Waals surface area contributed by atoms with E-state index < -0.39 is 0 Å². The van der Waals surface area contributed by atoms with E-state index in [1.807, 2.05) is 24.3 Å². The van der Waals surface area contributed by atoms with Gasteiger partial charge in [0, 0.05) is 13.1 Å². The van der Waals surface area contributed by atoms with E-state index in [0.717, 1.165) is 18.8 Å². The topological polar surface area (TPSA) is 21.3 Å². The maximum atomic E-state index is 5.97. The molecule has 0 radical (unpaired) electrons. The van der Waals surface area contributed by atoms with E-state index in [2.05, 4.69) is 12.2 Å². The second-order valence-corrected chi connectivity index (χ2v) is 3.99. The number of hydrogen-bond donors (Lipinski definition) is 1. The van der Waals surface area contributed by atoms with E-state index >= 15 is 0 Å². The number of para-hydroxylation sites is 1. The van der Waals surface area contributed by atoms with E-state index in [1.54, 1.807) is 0 Å². The Hall–Kier alpha value is -0.730. The molecule has 1 aliphatic rings. The molecule has 1 aliphatic heterocycles. The van der Waals surface area contributed by atoms with Gasteiger partial charge in [0.25, 0.3) is 0 Å².